The van der Waals surface area contributed by atoms with Crippen molar-refractivity contribution in [2.75, 3.05) is 10.3 Å². The van der Waals surface area contributed by atoms with Crippen LogP contribution >= 0.6 is 0 Å². The lowest BCUT2D eigenvalue weighted by Crippen LogP contribution is -2.32. The molecular weight excluding hydrogens is 418 g/mol. The number of benzene rings is 1. The van der Waals surface area contributed by atoms with Gasteiger partial charge in [-0.2, -0.15) is 5.10 Å². The fourth-order valence-electron chi connectivity index (χ4n) is 3.52. The molecule has 3 heterocycles. The Morgan fingerprint density at radius 2 is 2.00 bits per heavy atom. The van der Waals surface area contributed by atoms with Crippen LogP contribution in [0.2, 0.25) is 0 Å². The van der Waals surface area contributed by atoms with E-state index in [-0.39, 0.29) is 0 Å². The van der Waals surface area contributed by atoms with Gasteiger partial charge in [0.2, 0.25) is 0 Å². The van der Waals surface area contributed by atoms with Gasteiger partial charge < -0.3 is 9.75 Å². The van der Waals surface area contributed by atoms with Crippen LogP contribution in [0.1, 0.15) is 26.3 Å². The molecule has 3 aromatic heterocycles. The molecule has 0 saturated heterocycles. The number of nitrogens with two attached hydrogens (primary N) is 1. The Kier molecular flexibility index (Phi) is 5.97. The fourth-order valence-corrected chi connectivity index (χ4v) is 3.52. The number of hydrogen-bond acceptors (Lipinski definition) is 7. The summed E-state index contributed by atoms with van der Waals surface area (Å²) in [6, 6.07) is 9.69. The maximum absolute atomic E-state index is 12.3. The van der Waals surface area contributed by atoms with Crippen LogP contribution in [0.3, 0.4) is 0 Å². The van der Waals surface area contributed by atoms with Crippen LogP contribution in [-0.2, 0) is 18.3 Å². The first-order chi connectivity index (χ1) is 15.7. The summed E-state index contributed by atoms with van der Waals surface area (Å²) in [6.45, 7) is 5.82. The number of anilines is 2. The number of nitrogens with one attached hydrogen (secondary N) is 1. The Morgan fingerprint density at radius 1 is 1.18 bits per heavy atom. The number of carbonyl (C=O) groups excluding carboxylic acids is 1. The molecule has 9 heteroatoms. The van der Waals surface area contributed by atoms with Crippen molar-refractivity contribution in [2.24, 2.45) is 12.9 Å². The van der Waals surface area contributed by atoms with Gasteiger partial charge in [0, 0.05) is 36.6 Å². The van der Waals surface area contributed by atoms with Crippen LogP contribution in [0.15, 0.2) is 61.3 Å². The van der Waals surface area contributed by atoms with E-state index < -0.39 is 11.7 Å². The zero-order chi connectivity index (χ0) is 23.6. The van der Waals surface area contributed by atoms with Gasteiger partial charge in [0.15, 0.2) is 0 Å². The summed E-state index contributed by atoms with van der Waals surface area (Å²) >= 11 is 0. The van der Waals surface area contributed by atoms with Crippen LogP contribution in [0, 0.1) is 0 Å². The van der Waals surface area contributed by atoms with Gasteiger partial charge in [-0.15, -0.1) is 0 Å². The van der Waals surface area contributed by atoms with E-state index in [1.165, 1.54) is 0 Å². The third kappa shape index (κ3) is 5.27. The van der Waals surface area contributed by atoms with E-state index in [2.05, 4.69) is 26.4 Å². The molecule has 9 nitrogen and oxygen atoms in total. The van der Waals surface area contributed by atoms with Gasteiger partial charge >= 0.3 is 6.09 Å². The van der Waals surface area contributed by atoms with Gasteiger partial charge in [0.05, 0.1) is 35.8 Å². The van der Waals surface area contributed by atoms with Crippen molar-refractivity contribution in [1.29, 1.82) is 0 Å². The molecule has 0 aliphatic heterocycles. The highest BCUT2D eigenvalue weighted by molar-refractivity contribution is 5.94. The summed E-state index contributed by atoms with van der Waals surface area (Å²) in [5, 5.41) is 9.59. The summed E-state index contributed by atoms with van der Waals surface area (Å²) < 4.78 is 7.13. The number of carbonyl (C=O) groups is 1. The summed E-state index contributed by atoms with van der Waals surface area (Å²) in [5.74, 6) is 6.40. The normalized spacial score (nSPS) is 11.4. The predicted octanol–water partition coefficient (Wildman–Crippen LogP) is 4.26. The second kappa shape index (κ2) is 8.87. The average molecular weight is 446 g/mol. The summed E-state index contributed by atoms with van der Waals surface area (Å²) in [6.07, 6.45) is 8.25. The molecule has 170 valence electrons. The zero-order valence-electron chi connectivity index (χ0n) is 19.1. The number of hydrogen-bond donors (Lipinski definition) is 2. The topological polar surface area (TPSA) is 111 Å². The van der Waals surface area contributed by atoms with E-state index in [1.54, 1.807) is 34.3 Å². The van der Waals surface area contributed by atoms with Gasteiger partial charge in [-0.3, -0.25) is 20.0 Å². The SMILES string of the molecule is Cn1cc(-c2ccnc3ccc(CN(N)c4cnccc4NC(=O)OC(C)(C)C)cc23)cn1. The molecular formula is C24H27N7O2. The lowest BCUT2D eigenvalue weighted by Gasteiger charge is -2.23. The minimum Gasteiger partial charge on any atom is -0.444 e. The lowest BCUT2D eigenvalue weighted by atomic mass is 10.0. The number of rotatable bonds is 5. The second-order valence-corrected chi connectivity index (χ2v) is 8.76. The van der Waals surface area contributed by atoms with E-state index in [4.69, 9.17) is 10.6 Å². The highest BCUT2D eigenvalue weighted by Gasteiger charge is 2.18. The fraction of sp³-hybridized carbons (Fsp3) is 0.250. The monoisotopic (exact) mass is 445 g/mol. The quantitative estimate of drug-likeness (QED) is 0.349. The molecule has 33 heavy (non-hydrogen) atoms. The molecule has 0 spiro atoms. The number of nitrogens with zero attached hydrogens (tertiary/aromatic N) is 5. The van der Waals surface area contributed by atoms with Gasteiger partial charge in [-0.1, -0.05) is 6.07 Å². The van der Waals surface area contributed by atoms with Crippen molar-refractivity contribution in [2.45, 2.75) is 32.9 Å². The Bertz CT molecular complexity index is 1290. The number of fused-ring (bicyclic) bond motifs is 1. The maximum atomic E-state index is 12.3. The van der Waals surface area contributed by atoms with E-state index in [9.17, 15) is 4.79 Å². The number of amides is 1. The van der Waals surface area contributed by atoms with E-state index in [1.807, 2.05) is 58.4 Å². The molecule has 0 unspecified atom stereocenters. The van der Waals surface area contributed by atoms with E-state index in [0.717, 1.165) is 27.6 Å². The van der Waals surface area contributed by atoms with E-state index in [0.29, 0.717) is 17.9 Å². The molecule has 0 bridgehead atoms. The van der Waals surface area contributed by atoms with Crippen LogP contribution < -0.4 is 16.2 Å². The van der Waals surface area contributed by atoms with Gasteiger partial charge in [0.25, 0.3) is 0 Å². The predicted molar refractivity (Wildman–Crippen MR) is 128 cm³/mol. The van der Waals surface area contributed by atoms with Gasteiger partial charge in [-0.05, 0) is 56.2 Å². The van der Waals surface area contributed by atoms with E-state index >= 15 is 0 Å². The zero-order valence-corrected chi connectivity index (χ0v) is 19.1. The standard InChI is InChI=1S/C24H27N7O2/c1-24(2,3)33-23(32)29-21-8-9-26-13-22(21)31(25)14-16-5-6-20-19(11-16)18(7-10-27-20)17-12-28-30(4)15-17/h5-13,15H,14,25H2,1-4H3,(H,26,29,32). The molecule has 0 aliphatic rings. The molecule has 4 rings (SSSR count). The Hall–Kier alpha value is -3.98. The van der Waals surface area contributed by atoms with Crippen molar-refractivity contribution in [3.8, 4) is 11.1 Å². The number of hydrazine groups is 1. The van der Waals surface area contributed by atoms with Crippen molar-refractivity contribution >= 4 is 28.4 Å². The molecule has 0 saturated carbocycles. The smallest absolute Gasteiger partial charge is 0.412 e. The van der Waals surface area contributed by atoms with Crippen LogP contribution in [0.4, 0.5) is 16.2 Å². The molecule has 1 amide bonds. The number of aryl methyl sites for hydroxylation is 1. The summed E-state index contributed by atoms with van der Waals surface area (Å²) in [5.41, 5.74) is 4.41. The molecule has 0 atom stereocenters. The Labute approximate surface area is 192 Å². The number of aromatic nitrogens is 4. The van der Waals surface area contributed by atoms with Crippen LogP contribution in [-0.4, -0.2) is 31.4 Å². The van der Waals surface area contributed by atoms with Crippen molar-refractivity contribution in [3.05, 3.63) is 66.9 Å². The van der Waals surface area contributed by atoms with Gasteiger partial charge in [0.1, 0.15) is 5.60 Å². The first kappa shape index (κ1) is 22.2. The molecule has 0 radical (unpaired) electrons. The van der Waals surface area contributed by atoms with Crippen molar-refractivity contribution in [1.82, 2.24) is 19.7 Å². The molecule has 0 aliphatic carbocycles. The molecule has 4 aromatic rings. The number of pyridine rings is 2. The van der Waals surface area contributed by atoms with Crippen LogP contribution in [0.5, 0.6) is 0 Å². The average Bonchev–Trinajstić information content (AvgIpc) is 3.18. The number of ether oxygens (including phenoxy) is 1. The summed E-state index contributed by atoms with van der Waals surface area (Å²) in [4.78, 5) is 20.9. The summed E-state index contributed by atoms with van der Waals surface area (Å²) in [7, 11) is 1.89. The third-order valence-corrected chi connectivity index (χ3v) is 4.92. The maximum Gasteiger partial charge on any atom is 0.412 e. The third-order valence-electron chi connectivity index (χ3n) is 4.92. The molecule has 0 fully saturated rings. The first-order valence-electron chi connectivity index (χ1n) is 10.5. The second-order valence-electron chi connectivity index (χ2n) is 8.76. The molecule has 1 aromatic carbocycles. The minimum absolute atomic E-state index is 0.395. The van der Waals surface area contributed by atoms with Crippen molar-refractivity contribution < 1.29 is 9.53 Å². The highest BCUT2D eigenvalue weighted by atomic mass is 16.6. The van der Waals surface area contributed by atoms with Gasteiger partial charge in [-0.25, -0.2) is 10.6 Å². The lowest BCUT2D eigenvalue weighted by molar-refractivity contribution is 0.0636. The minimum atomic E-state index is -0.606. The van der Waals surface area contributed by atoms with Crippen LogP contribution in [0.25, 0.3) is 22.0 Å². The Balaban J connectivity index is 1.60. The highest BCUT2D eigenvalue weighted by Crippen LogP contribution is 2.29. The van der Waals surface area contributed by atoms with Crippen molar-refractivity contribution in [3.63, 3.8) is 0 Å². The molecule has 3 N–H and O–H groups in total. The largest absolute Gasteiger partial charge is 0.444 e. The first-order valence-corrected chi connectivity index (χ1v) is 10.5. The Morgan fingerprint density at radius 3 is 2.73 bits per heavy atom.